The minimum Gasteiger partial charge on any atom is -0.478 e. The monoisotopic (exact) mass is 154 g/mol. The van der Waals surface area contributed by atoms with E-state index >= 15 is 0 Å². The number of hydrogen-bond donors (Lipinski definition) is 1. The lowest BCUT2D eigenvalue weighted by Gasteiger charge is -2.27. The summed E-state index contributed by atoms with van der Waals surface area (Å²) in [7, 11) is 0. The maximum Gasteiger partial charge on any atom is 0.201 e. The van der Waals surface area contributed by atoms with Crippen LogP contribution in [0.5, 0.6) is 0 Å². The van der Waals surface area contributed by atoms with E-state index in [4.69, 9.17) is 4.74 Å². The second-order valence-corrected chi connectivity index (χ2v) is 3.00. The molecule has 11 heavy (non-hydrogen) atoms. The van der Waals surface area contributed by atoms with Crippen LogP contribution in [-0.4, -0.2) is 24.2 Å². The van der Waals surface area contributed by atoms with Crippen molar-refractivity contribution in [1.82, 2.24) is 10.4 Å². The Kier molecular flexibility index (Phi) is 1.74. The van der Waals surface area contributed by atoms with Crippen LogP contribution >= 0.6 is 0 Å². The first-order valence-corrected chi connectivity index (χ1v) is 4.28. The second kappa shape index (κ2) is 2.74. The van der Waals surface area contributed by atoms with Crippen molar-refractivity contribution in [3.63, 3.8) is 0 Å². The summed E-state index contributed by atoms with van der Waals surface area (Å²) in [6.07, 6.45) is 4.42. The smallest absolute Gasteiger partial charge is 0.201 e. The molecule has 0 aromatic heterocycles. The summed E-state index contributed by atoms with van der Waals surface area (Å²) in [5.74, 6) is 1.03. The SMILES string of the molecule is CCC1C=C2OCCCN2N1. The minimum absolute atomic E-state index is 0.489. The van der Waals surface area contributed by atoms with Gasteiger partial charge in [0.25, 0.3) is 0 Å². The number of nitrogens with zero attached hydrogens (tertiary/aromatic N) is 1. The van der Waals surface area contributed by atoms with E-state index in [9.17, 15) is 0 Å². The first-order valence-electron chi connectivity index (χ1n) is 4.28. The third-order valence-electron chi connectivity index (χ3n) is 2.15. The molecule has 1 saturated heterocycles. The Labute approximate surface area is 67.0 Å². The predicted octanol–water partition coefficient (Wildman–Crippen LogP) is 0.847. The molecule has 2 rings (SSSR count). The molecule has 0 bridgehead atoms. The van der Waals surface area contributed by atoms with Crippen LogP contribution < -0.4 is 5.43 Å². The molecule has 62 valence electrons. The highest BCUT2D eigenvalue weighted by molar-refractivity contribution is 5.06. The third-order valence-corrected chi connectivity index (χ3v) is 2.15. The Bertz CT molecular complexity index is 179. The van der Waals surface area contributed by atoms with Crippen molar-refractivity contribution in [2.24, 2.45) is 0 Å². The summed E-state index contributed by atoms with van der Waals surface area (Å²) in [4.78, 5) is 0. The molecule has 1 unspecified atom stereocenters. The van der Waals surface area contributed by atoms with Gasteiger partial charge in [-0.15, -0.1) is 0 Å². The molecule has 1 atom stereocenters. The van der Waals surface area contributed by atoms with E-state index in [1.165, 1.54) is 0 Å². The maximum absolute atomic E-state index is 5.46. The molecule has 2 aliphatic heterocycles. The molecule has 0 aliphatic carbocycles. The van der Waals surface area contributed by atoms with Gasteiger partial charge in [-0.05, 0) is 12.5 Å². The number of hydrazine groups is 1. The van der Waals surface area contributed by atoms with Crippen LogP contribution in [-0.2, 0) is 4.74 Å². The lowest BCUT2D eigenvalue weighted by Crippen LogP contribution is -2.40. The first-order chi connectivity index (χ1) is 5.40. The van der Waals surface area contributed by atoms with Crippen LogP contribution in [0.25, 0.3) is 0 Å². The number of rotatable bonds is 1. The van der Waals surface area contributed by atoms with Gasteiger partial charge >= 0.3 is 0 Å². The molecule has 0 saturated carbocycles. The lowest BCUT2D eigenvalue weighted by atomic mass is 10.2. The molecule has 3 nitrogen and oxygen atoms in total. The van der Waals surface area contributed by atoms with Gasteiger partial charge in [0, 0.05) is 19.0 Å². The molecule has 1 fully saturated rings. The molecule has 1 N–H and O–H groups in total. The van der Waals surface area contributed by atoms with Gasteiger partial charge in [0.15, 0.2) is 0 Å². The van der Waals surface area contributed by atoms with Crippen LogP contribution in [0.2, 0.25) is 0 Å². The average Bonchev–Trinajstić information content (AvgIpc) is 2.46. The predicted molar refractivity (Wildman–Crippen MR) is 42.6 cm³/mol. The fourth-order valence-electron chi connectivity index (χ4n) is 1.47. The van der Waals surface area contributed by atoms with Gasteiger partial charge < -0.3 is 4.74 Å². The third kappa shape index (κ3) is 1.20. The van der Waals surface area contributed by atoms with Gasteiger partial charge in [-0.1, -0.05) is 6.92 Å². The number of hydrogen-bond acceptors (Lipinski definition) is 3. The van der Waals surface area contributed by atoms with Gasteiger partial charge in [-0.3, -0.25) is 5.01 Å². The van der Waals surface area contributed by atoms with Crippen LogP contribution in [0, 0.1) is 0 Å². The van der Waals surface area contributed by atoms with Crippen LogP contribution in [0.4, 0.5) is 0 Å². The van der Waals surface area contributed by atoms with E-state index in [-0.39, 0.29) is 0 Å². The molecule has 0 radical (unpaired) electrons. The highest BCUT2D eigenvalue weighted by Gasteiger charge is 2.24. The highest BCUT2D eigenvalue weighted by Crippen LogP contribution is 2.18. The summed E-state index contributed by atoms with van der Waals surface area (Å²) >= 11 is 0. The van der Waals surface area contributed by atoms with Crippen molar-refractivity contribution >= 4 is 0 Å². The lowest BCUT2D eigenvalue weighted by molar-refractivity contribution is 0.0462. The van der Waals surface area contributed by atoms with Crippen molar-refractivity contribution in [2.75, 3.05) is 13.2 Å². The van der Waals surface area contributed by atoms with E-state index in [0.29, 0.717) is 6.04 Å². The molecule has 0 spiro atoms. The molecule has 0 aromatic rings. The molecule has 2 aliphatic rings. The standard InChI is InChI=1S/C8H14N2O/c1-2-7-6-8-10(9-7)4-3-5-11-8/h6-7,9H,2-5H2,1H3. The van der Waals surface area contributed by atoms with Crippen molar-refractivity contribution in [1.29, 1.82) is 0 Å². The topological polar surface area (TPSA) is 24.5 Å². The van der Waals surface area contributed by atoms with Crippen LogP contribution in [0.3, 0.4) is 0 Å². The van der Waals surface area contributed by atoms with E-state index < -0.39 is 0 Å². The average molecular weight is 154 g/mol. The molecule has 2 heterocycles. The van der Waals surface area contributed by atoms with E-state index in [1.54, 1.807) is 0 Å². The summed E-state index contributed by atoms with van der Waals surface area (Å²) in [6.45, 7) is 4.13. The Morgan fingerprint density at radius 1 is 1.82 bits per heavy atom. The van der Waals surface area contributed by atoms with Gasteiger partial charge in [0.05, 0.1) is 6.61 Å². The molecular weight excluding hydrogens is 140 g/mol. The zero-order valence-corrected chi connectivity index (χ0v) is 6.84. The van der Waals surface area contributed by atoms with Crippen molar-refractivity contribution in [3.8, 4) is 0 Å². The van der Waals surface area contributed by atoms with E-state index in [2.05, 4.69) is 23.4 Å². The minimum atomic E-state index is 0.489. The quantitative estimate of drug-likeness (QED) is 0.606. The Morgan fingerprint density at radius 2 is 2.73 bits per heavy atom. The van der Waals surface area contributed by atoms with Gasteiger partial charge in [-0.2, -0.15) is 0 Å². The first kappa shape index (κ1) is 6.98. The number of nitrogens with one attached hydrogen (secondary N) is 1. The molecule has 3 heteroatoms. The fourth-order valence-corrected chi connectivity index (χ4v) is 1.47. The van der Waals surface area contributed by atoms with E-state index in [1.807, 2.05) is 0 Å². The zero-order valence-electron chi connectivity index (χ0n) is 6.84. The summed E-state index contributed by atoms with van der Waals surface area (Å²) in [5.41, 5.74) is 3.36. The fraction of sp³-hybridized carbons (Fsp3) is 0.750. The summed E-state index contributed by atoms with van der Waals surface area (Å²) < 4.78 is 5.46. The largest absolute Gasteiger partial charge is 0.478 e. The number of ether oxygens (including phenoxy) is 1. The van der Waals surface area contributed by atoms with Gasteiger partial charge in [-0.25, -0.2) is 5.43 Å². The maximum atomic E-state index is 5.46. The van der Waals surface area contributed by atoms with E-state index in [0.717, 1.165) is 31.9 Å². The van der Waals surface area contributed by atoms with Crippen LogP contribution in [0.1, 0.15) is 19.8 Å². The normalized spacial score (nSPS) is 29.4. The van der Waals surface area contributed by atoms with Gasteiger partial charge in [0.2, 0.25) is 5.88 Å². The second-order valence-electron chi connectivity index (χ2n) is 3.00. The van der Waals surface area contributed by atoms with Crippen molar-refractivity contribution in [3.05, 3.63) is 12.0 Å². The summed E-state index contributed by atoms with van der Waals surface area (Å²) in [6, 6.07) is 0.489. The molecule has 0 aromatic carbocycles. The zero-order chi connectivity index (χ0) is 7.68. The Hall–Kier alpha value is -0.700. The van der Waals surface area contributed by atoms with Crippen LogP contribution in [0.15, 0.2) is 12.0 Å². The summed E-state index contributed by atoms with van der Waals surface area (Å²) in [5, 5.41) is 2.11. The number of fused-ring (bicyclic) bond motifs is 1. The highest BCUT2D eigenvalue weighted by atomic mass is 16.5. The Balaban J connectivity index is 2.04. The Morgan fingerprint density at radius 3 is 3.45 bits per heavy atom. The van der Waals surface area contributed by atoms with Crippen molar-refractivity contribution < 1.29 is 4.74 Å². The van der Waals surface area contributed by atoms with Crippen molar-refractivity contribution in [2.45, 2.75) is 25.8 Å². The molecular formula is C8H14N2O. The van der Waals surface area contributed by atoms with Gasteiger partial charge in [0.1, 0.15) is 0 Å². The molecule has 0 amide bonds.